The summed E-state index contributed by atoms with van der Waals surface area (Å²) in [6.07, 6.45) is -0.578. The topological polar surface area (TPSA) is 37.2 Å². The average Bonchev–Trinajstić information content (AvgIpc) is 2.74. The molecule has 1 aliphatic heterocycles. The van der Waals surface area contributed by atoms with E-state index in [-0.39, 0.29) is 17.3 Å². The molecule has 4 nitrogen and oxygen atoms in total. The van der Waals surface area contributed by atoms with Crippen LogP contribution < -0.4 is 4.74 Å². The van der Waals surface area contributed by atoms with Gasteiger partial charge in [-0.05, 0) is 44.3 Å². The van der Waals surface area contributed by atoms with Crippen molar-refractivity contribution in [1.82, 2.24) is 4.90 Å². The van der Waals surface area contributed by atoms with Crippen LogP contribution in [0.1, 0.15) is 13.8 Å². The summed E-state index contributed by atoms with van der Waals surface area (Å²) < 4.78 is 18.7. The fourth-order valence-electron chi connectivity index (χ4n) is 1.84. The zero-order valence-corrected chi connectivity index (χ0v) is 12.1. The molecule has 0 radical (unpaired) electrons. The lowest BCUT2D eigenvalue weighted by Crippen LogP contribution is -2.42. The molecule has 2 rings (SSSR count). The maximum absolute atomic E-state index is 13.0. The normalized spacial score (nSPS) is 19.9. The molecule has 1 aliphatic rings. The van der Waals surface area contributed by atoms with E-state index in [1.54, 1.807) is 0 Å². The molecule has 0 aromatic heterocycles. The smallest absolute Gasteiger partial charge is 0.217 e. The van der Waals surface area contributed by atoms with Crippen LogP contribution >= 0.6 is 23.8 Å². The summed E-state index contributed by atoms with van der Waals surface area (Å²) in [6, 6.07) is 4.00. The summed E-state index contributed by atoms with van der Waals surface area (Å²) in [6.45, 7) is 4.51. The lowest BCUT2D eigenvalue weighted by atomic mass is 10.2. The first-order valence-corrected chi connectivity index (χ1v) is 6.64. The second kappa shape index (κ2) is 5.79. The summed E-state index contributed by atoms with van der Waals surface area (Å²) in [5.41, 5.74) is 0. The Morgan fingerprint density at radius 1 is 1.58 bits per heavy atom. The number of hydrogen-bond donors (Lipinski definition) is 0. The largest absolute Gasteiger partial charge is 0.485 e. The standard InChI is InChI=1S/C12H13ClFN3OS/c1-3-17-11(15-16-12(17)19)7(2)18-10-5-4-8(14)6-9(10)13/h4-7,11H,3H2,1-2H3. The van der Waals surface area contributed by atoms with Crippen molar-refractivity contribution < 1.29 is 9.13 Å². The Morgan fingerprint density at radius 2 is 2.32 bits per heavy atom. The van der Waals surface area contributed by atoms with Crippen LogP contribution in [0.25, 0.3) is 0 Å². The first-order chi connectivity index (χ1) is 9.02. The maximum Gasteiger partial charge on any atom is 0.217 e. The SMILES string of the molecule is CCN1C(=S)N=NC1C(C)Oc1ccc(F)cc1Cl. The van der Waals surface area contributed by atoms with Gasteiger partial charge in [-0.1, -0.05) is 11.6 Å². The molecule has 2 unspecified atom stereocenters. The highest BCUT2D eigenvalue weighted by molar-refractivity contribution is 7.80. The third-order valence-corrected chi connectivity index (χ3v) is 3.41. The van der Waals surface area contributed by atoms with E-state index >= 15 is 0 Å². The summed E-state index contributed by atoms with van der Waals surface area (Å²) in [7, 11) is 0. The van der Waals surface area contributed by atoms with Gasteiger partial charge in [0, 0.05) is 6.54 Å². The number of halogens is 2. The number of nitrogens with zero attached hydrogens (tertiary/aromatic N) is 3. The molecule has 0 saturated carbocycles. The summed E-state index contributed by atoms with van der Waals surface area (Å²) in [4.78, 5) is 1.86. The van der Waals surface area contributed by atoms with Crippen molar-refractivity contribution in [2.24, 2.45) is 10.2 Å². The molecule has 7 heteroatoms. The molecule has 1 aromatic rings. The van der Waals surface area contributed by atoms with Gasteiger partial charge in [0.2, 0.25) is 5.11 Å². The Bertz CT molecular complexity index is 526. The Labute approximate surface area is 121 Å². The van der Waals surface area contributed by atoms with Gasteiger partial charge in [-0.15, -0.1) is 5.11 Å². The lowest BCUT2D eigenvalue weighted by Gasteiger charge is -2.26. The zero-order chi connectivity index (χ0) is 14.0. The number of ether oxygens (including phenoxy) is 1. The van der Waals surface area contributed by atoms with Gasteiger partial charge < -0.3 is 9.64 Å². The summed E-state index contributed by atoms with van der Waals surface area (Å²) in [5, 5.41) is 8.64. The van der Waals surface area contributed by atoms with Crippen LogP contribution in [-0.2, 0) is 0 Å². The molecule has 19 heavy (non-hydrogen) atoms. The number of likely N-dealkylation sites (N-methyl/N-ethyl adjacent to an activating group) is 1. The van der Waals surface area contributed by atoms with Gasteiger partial charge in [0.1, 0.15) is 17.7 Å². The van der Waals surface area contributed by atoms with Crippen molar-refractivity contribution in [3.63, 3.8) is 0 Å². The fourth-order valence-corrected chi connectivity index (χ4v) is 2.34. The highest BCUT2D eigenvalue weighted by atomic mass is 35.5. The minimum absolute atomic E-state index is 0.229. The van der Waals surface area contributed by atoms with Gasteiger partial charge >= 0.3 is 0 Å². The zero-order valence-electron chi connectivity index (χ0n) is 10.5. The number of hydrogen-bond acceptors (Lipinski definition) is 3. The summed E-state index contributed by atoms with van der Waals surface area (Å²) in [5.74, 6) is 0.0153. The second-order valence-electron chi connectivity index (χ2n) is 4.10. The third kappa shape index (κ3) is 3.01. The van der Waals surface area contributed by atoms with E-state index in [4.69, 9.17) is 28.6 Å². The van der Waals surface area contributed by atoms with E-state index in [9.17, 15) is 4.39 Å². The van der Waals surface area contributed by atoms with E-state index in [0.29, 0.717) is 17.4 Å². The first-order valence-electron chi connectivity index (χ1n) is 5.86. The predicted molar refractivity (Wildman–Crippen MR) is 75.1 cm³/mol. The van der Waals surface area contributed by atoms with Crippen molar-refractivity contribution in [1.29, 1.82) is 0 Å². The van der Waals surface area contributed by atoms with Crippen molar-refractivity contribution in [2.45, 2.75) is 26.1 Å². The van der Waals surface area contributed by atoms with Crippen LogP contribution in [0, 0.1) is 5.82 Å². The fraction of sp³-hybridized carbons (Fsp3) is 0.417. The predicted octanol–water partition coefficient (Wildman–Crippen LogP) is 3.65. The van der Waals surface area contributed by atoms with Gasteiger partial charge in [-0.2, -0.15) is 5.11 Å². The van der Waals surface area contributed by atoms with Gasteiger partial charge in [-0.25, -0.2) is 4.39 Å². The Balaban J connectivity index is 2.11. The van der Waals surface area contributed by atoms with Crippen LogP contribution in [0.2, 0.25) is 5.02 Å². The van der Waals surface area contributed by atoms with Crippen LogP contribution in [0.15, 0.2) is 28.4 Å². The molecule has 0 bridgehead atoms. The lowest BCUT2D eigenvalue weighted by molar-refractivity contribution is 0.133. The molecule has 2 atom stereocenters. The van der Waals surface area contributed by atoms with E-state index in [0.717, 1.165) is 0 Å². The second-order valence-corrected chi connectivity index (χ2v) is 4.87. The molecule has 1 aromatic carbocycles. The highest BCUT2D eigenvalue weighted by Crippen LogP contribution is 2.28. The first kappa shape index (κ1) is 14.1. The van der Waals surface area contributed by atoms with Crippen molar-refractivity contribution in [3.8, 4) is 5.75 Å². The highest BCUT2D eigenvalue weighted by Gasteiger charge is 2.31. The van der Waals surface area contributed by atoms with Crippen LogP contribution in [-0.4, -0.2) is 28.8 Å². The van der Waals surface area contributed by atoms with Gasteiger partial charge in [-0.3, -0.25) is 0 Å². The minimum Gasteiger partial charge on any atom is -0.485 e. The molecule has 102 valence electrons. The summed E-state index contributed by atoms with van der Waals surface area (Å²) >= 11 is 11.0. The van der Waals surface area contributed by atoms with Crippen molar-refractivity contribution in [2.75, 3.05) is 6.54 Å². The molecule has 0 spiro atoms. The average molecular weight is 302 g/mol. The third-order valence-electron chi connectivity index (χ3n) is 2.79. The molecular weight excluding hydrogens is 289 g/mol. The monoisotopic (exact) mass is 301 g/mol. The van der Waals surface area contributed by atoms with E-state index in [1.165, 1.54) is 18.2 Å². The quantitative estimate of drug-likeness (QED) is 0.797. The number of azo groups is 1. The molecule has 1 heterocycles. The van der Waals surface area contributed by atoms with Crippen LogP contribution in [0.5, 0.6) is 5.75 Å². The van der Waals surface area contributed by atoms with Gasteiger partial charge in [0.15, 0.2) is 6.17 Å². The van der Waals surface area contributed by atoms with Crippen molar-refractivity contribution >= 4 is 28.9 Å². The molecule has 0 saturated heterocycles. The van der Waals surface area contributed by atoms with E-state index < -0.39 is 5.82 Å². The number of benzene rings is 1. The molecule has 0 aliphatic carbocycles. The van der Waals surface area contributed by atoms with Crippen LogP contribution in [0.3, 0.4) is 0 Å². The molecular formula is C12H13ClFN3OS. The molecule has 0 amide bonds. The Kier molecular flexibility index (Phi) is 4.31. The van der Waals surface area contributed by atoms with E-state index in [1.807, 2.05) is 18.7 Å². The Hall–Kier alpha value is -1.27. The number of rotatable bonds is 4. The maximum atomic E-state index is 13.0. The van der Waals surface area contributed by atoms with Crippen LogP contribution in [0.4, 0.5) is 4.39 Å². The molecule has 0 N–H and O–H groups in total. The van der Waals surface area contributed by atoms with Crippen molar-refractivity contribution in [3.05, 3.63) is 29.0 Å². The number of thiocarbonyl (C=S) groups is 1. The molecule has 0 fully saturated rings. The Morgan fingerprint density at radius 3 is 2.95 bits per heavy atom. The van der Waals surface area contributed by atoms with E-state index in [2.05, 4.69) is 10.2 Å². The van der Waals surface area contributed by atoms with Gasteiger partial charge in [0.25, 0.3) is 0 Å². The minimum atomic E-state index is -0.401. The van der Waals surface area contributed by atoms with Gasteiger partial charge in [0.05, 0.1) is 5.02 Å².